The molecule has 18 heavy (non-hydrogen) atoms. The molecule has 1 aromatic heterocycles. The third-order valence-corrected chi connectivity index (χ3v) is 3.11. The Morgan fingerprint density at radius 3 is 2.39 bits per heavy atom. The lowest BCUT2D eigenvalue weighted by Crippen LogP contribution is -2.27. The lowest BCUT2D eigenvalue weighted by molar-refractivity contribution is 0.0599. The summed E-state index contributed by atoms with van der Waals surface area (Å²) in [4.78, 5) is 28.5. The first-order valence-electron chi connectivity index (χ1n) is 6.03. The molecule has 0 bridgehead atoms. The van der Waals surface area contributed by atoms with Gasteiger partial charge in [0.2, 0.25) is 0 Å². The van der Waals surface area contributed by atoms with Crippen molar-refractivity contribution in [3.05, 3.63) is 22.5 Å². The monoisotopic (exact) mass is 252 g/mol. The van der Waals surface area contributed by atoms with Gasteiger partial charge in [-0.15, -0.1) is 0 Å². The number of aryl methyl sites for hydroxylation is 1. The zero-order chi connectivity index (χ0) is 13.9. The Balaban J connectivity index is 3.28. The maximum Gasteiger partial charge on any atom is 0.339 e. The van der Waals surface area contributed by atoms with Crippen molar-refractivity contribution < 1.29 is 14.3 Å². The van der Waals surface area contributed by atoms with Crippen molar-refractivity contribution in [2.75, 3.05) is 20.7 Å². The molecule has 0 radical (unpaired) electrons. The molecule has 1 amide bonds. The summed E-state index contributed by atoms with van der Waals surface area (Å²) in [5, 5.41) is 0. The molecular formula is C13H20N2O3. The van der Waals surface area contributed by atoms with Gasteiger partial charge in [0.1, 0.15) is 5.69 Å². The summed E-state index contributed by atoms with van der Waals surface area (Å²) in [5.41, 5.74) is 2.35. The zero-order valence-electron chi connectivity index (χ0n) is 11.6. The van der Waals surface area contributed by atoms with Crippen LogP contribution in [-0.2, 0) is 11.2 Å². The Labute approximate surface area is 107 Å². The molecule has 1 N–H and O–H groups in total. The van der Waals surface area contributed by atoms with Crippen LogP contribution in [0, 0.1) is 6.92 Å². The molecule has 1 rings (SSSR count). The summed E-state index contributed by atoms with van der Waals surface area (Å²) in [6.07, 6.45) is 0.647. The molecule has 0 fully saturated rings. The number of H-pyrrole nitrogens is 1. The van der Waals surface area contributed by atoms with E-state index in [-0.39, 0.29) is 5.91 Å². The number of aromatic nitrogens is 1. The second-order valence-electron chi connectivity index (χ2n) is 4.14. The van der Waals surface area contributed by atoms with Gasteiger partial charge in [0, 0.05) is 19.3 Å². The molecule has 0 atom stereocenters. The van der Waals surface area contributed by atoms with Gasteiger partial charge in [-0.05, 0) is 25.8 Å². The van der Waals surface area contributed by atoms with Gasteiger partial charge < -0.3 is 14.6 Å². The highest BCUT2D eigenvalue weighted by Gasteiger charge is 2.24. The van der Waals surface area contributed by atoms with Gasteiger partial charge in [-0.3, -0.25) is 4.79 Å². The number of methoxy groups -OCH3 is 1. The SMILES string of the molecule is CCc1[nH]c(C(=O)N(C)CC)c(C)c1C(=O)OC. The van der Waals surface area contributed by atoms with E-state index in [2.05, 4.69) is 4.98 Å². The van der Waals surface area contributed by atoms with Crippen molar-refractivity contribution in [1.29, 1.82) is 0 Å². The average Bonchev–Trinajstić information content (AvgIpc) is 2.72. The number of aromatic amines is 1. The number of carbonyl (C=O) groups is 2. The topological polar surface area (TPSA) is 62.4 Å². The maximum absolute atomic E-state index is 12.1. The minimum atomic E-state index is -0.404. The summed E-state index contributed by atoms with van der Waals surface area (Å²) in [6.45, 7) is 6.21. The van der Waals surface area contributed by atoms with Gasteiger partial charge >= 0.3 is 5.97 Å². The van der Waals surface area contributed by atoms with Crippen molar-refractivity contribution in [1.82, 2.24) is 9.88 Å². The van der Waals surface area contributed by atoms with Crippen LogP contribution < -0.4 is 0 Å². The molecule has 0 aliphatic heterocycles. The summed E-state index contributed by atoms with van der Waals surface area (Å²) in [7, 11) is 3.07. The van der Waals surface area contributed by atoms with Gasteiger partial charge in [-0.2, -0.15) is 0 Å². The molecular weight excluding hydrogens is 232 g/mol. The van der Waals surface area contributed by atoms with E-state index in [4.69, 9.17) is 4.74 Å². The molecule has 0 aliphatic rings. The van der Waals surface area contributed by atoms with E-state index in [1.54, 1.807) is 18.9 Å². The molecule has 1 aromatic rings. The van der Waals surface area contributed by atoms with Crippen molar-refractivity contribution in [2.45, 2.75) is 27.2 Å². The highest BCUT2D eigenvalue weighted by Crippen LogP contribution is 2.21. The van der Waals surface area contributed by atoms with Crippen molar-refractivity contribution in [2.24, 2.45) is 0 Å². The van der Waals surface area contributed by atoms with E-state index >= 15 is 0 Å². The zero-order valence-corrected chi connectivity index (χ0v) is 11.6. The first kappa shape index (κ1) is 14.3. The van der Waals surface area contributed by atoms with Crippen LogP contribution in [0.4, 0.5) is 0 Å². The second kappa shape index (κ2) is 5.71. The van der Waals surface area contributed by atoms with Crippen molar-refractivity contribution in [3.8, 4) is 0 Å². The Bertz CT molecular complexity index is 463. The van der Waals surface area contributed by atoms with Crippen LogP contribution in [-0.4, -0.2) is 42.5 Å². The average molecular weight is 252 g/mol. The molecule has 0 aromatic carbocycles. The van der Waals surface area contributed by atoms with Gasteiger partial charge in [0.15, 0.2) is 0 Å². The minimum Gasteiger partial charge on any atom is -0.465 e. The molecule has 0 saturated carbocycles. The third kappa shape index (κ3) is 2.39. The van der Waals surface area contributed by atoms with Gasteiger partial charge in [0.05, 0.1) is 12.7 Å². The predicted molar refractivity (Wildman–Crippen MR) is 68.9 cm³/mol. The fraction of sp³-hybridized carbons (Fsp3) is 0.538. The van der Waals surface area contributed by atoms with E-state index in [1.807, 2.05) is 13.8 Å². The Kier molecular flexibility index (Phi) is 4.53. The van der Waals surface area contributed by atoms with Crippen molar-refractivity contribution in [3.63, 3.8) is 0 Å². The summed E-state index contributed by atoms with van der Waals surface area (Å²) in [5.74, 6) is -0.515. The van der Waals surface area contributed by atoms with Crippen LogP contribution in [0.2, 0.25) is 0 Å². The van der Waals surface area contributed by atoms with E-state index in [0.29, 0.717) is 29.8 Å². The summed E-state index contributed by atoms with van der Waals surface area (Å²) in [6, 6.07) is 0. The number of ether oxygens (including phenoxy) is 1. The lowest BCUT2D eigenvalue weighted by Gasteiger charge is -2.13. The highest BCUT2D eigenvalue weighted by molar-refractivity contribution is 6.00. The summed E-state index contributed by atoms with van der Waals surface area (Å²) < 4.78 is 4.76. The van der Waals surface area contributed by atoms with Crippen LogP contribution in [0.5, 0.6) is 0 Å². The number of nitrogens with one attached hydrogen (secondary N) is 1. The highest BCUT2D eigenvalue weighted by atomic mass is 16.5. The van der Waals surface area contributed by atoms with E-state index in [0.717, 1.165) is 5.69 Å². The van der Waals surface area contributed by atoms with E-state index < -0.39 is 5.97 Å². The third-order valence-electron chi connectivity index (χ3n) is 3.11. The minimum absolute atomic E-state index is 0.111. The van der Waals surface area contributed by atoms with E-state index in [1.165, 1.54) is 7.11 Å². The number of hydrogen-bond donors (Lipinski definition) is 1. The van der Waals surface area contributed by atoms with Gasteiger partial charge in [0.25, 0.3) is 5.91 Å². The van der Waals surface area contributed by atoms with Crippen LogP contribution in [0.1, 0.15) is 46.0 Å². The molecule has 0 unspecified atom stereocenters. The molecule has 1 heterocycles. The smallest absolute Gasteiger partial charge is 0.339 e. The molecule has 5 heteroatoms. The molecule has 0 spiro atoms. The number of esters is 1. The molecule has 0 saturated heterocycles. The van der Waals surface area contributed by atoms with Crippen LogP contribution in [0.15, 0.2) is 0 Å². The first-order chi connectivity index (χ1) is 8.47. The maximum atomic E-state index is 12.1. The van der Waals surface area contributed by atoms with Crippen molar-refractivity contribution >= 4 is 11.9 Å². The lowest BCUT2D eigenvalue weighted by atomic mass is 10.1. The fourth-order valence-electron chi connectivity index (χ4n) is 1.85. The number of hydrogen-bond acceptors (Lipinski definition) is 3. The van der Waals surface area contributed by atoms with Gasteiger partial charge in [-0.1, -0.05) is 6.92 Å². The molecule has 5 nitrogen and oxygen atoms in total. The summed E-state index contributed by atoms with van der Waals surface area (Å²) >= 11 is 0. The van der Waals surface area contributed by atoms with Crippen LogP contribution in [0.3, 0.4) is 0 Å². The first-order valence-corrected chi connectivity index (χ1v) is 6.03. The Hall–Kier alpha value is -1.78. The van der Waals surface area contributed by atoms with E-state index in [9.17, 15) is 9.59 Å². The Morgan fingerprint density at radius 2 is 1.94 bits per heavy atom. The van der Waals surface area contributed by atoms with Crippen LogP contribution >= 0.6 is 0 Å². The molecule has 0 aliphatic carbocycles. The number of carbonyl (C=O) groups excluding carboxylic acids is 2. The van der Waals surface area contributed by atoms with Crippen LogP contribution in [0.25, 0.3) is 0 Å². The number of rotatable bonds is 4. The predicted octanol–water partition coefficient (Wildman–Crippen LogP) is 1.76. The molecule has 100 valence electrons. The second-order valence-corrected chi connectivity index (χ2v) is 4.14. The fourth-order valence-corrected chi connectivity index (χ4v) is 1.85. The largest absolute Gasteiger partial charge is 0.465 e. The normalized spacial score (nSPS) is 10.3. The number of amides is 1. The standard InChI is InChI=1S/C13H20N2O3/c1-6-9-10(13(17)18-5)8(3)11(14-9)12(16)15(4)7-2/h14H,6-7H2,1-5H3. The Morgan fingerprint density at radius 1 is 1.33 bits per heavy atom. The van der Waals surface area contributed by atoms with Gasteiger partial charge in [-0.25, -0.2) is 4.79 Å². The quantitative estimate of drug-likeness (QED) is 0.831. The number of nitrogens with zero attached hydrogens (tertiary/aromatic N) is 1.